The minimum Gasteiger partial charge on any atom is -0.270 e. The Labute approximate surface area is 236 Å². The number of rotatable bonds is 8. The van der Waals surface area contributed by atoms with Crippen molar-refractivity contribution in [1.82, 2.24) is 9.72 Å². The van der Waals surface area contributed by atoms with Crippen molar-refractivity contribution < 1.29 is 18.1 Å². The first-order valence-electron chi connectivity index (χ1n) is 12.6. The highest BCUT2D eigenvalue weighted by Crippen LogP contribution is 2.76. The van der Waals surface area contributed by atoms with E-state index in [9.17, 15) is 0 Å². The Morgan fingerprint density at radius 3 is 1.27 bits per heavy atom. The van der Waals surface area contributed by atoms with Crippen LogP contribution in [0.25, 0.3) is 0 Å². The molecule has 4 aromatic carbocycles. The molecule has 0 unspecified atom stereocenters. The maximum absolute atomic E-state index is 6.67. The predicted molar refractivity (Wildman–Crippen MR) is 165 cm³/mol. The molecule has 0 spiro atoms. The van der Waals surface area contributed by atoms with E-state index in [1.165, 1.54) is 0 Å². The Bertz CT molecular complexity index is 1480. The quantitative estimate of drug-likeness (QED) is 0.151. The number of nitrogens with one attached hydrogen (secondary N) is 2. The molecule has 0 saturated carbocycles. The molecular weight excluding hydrogens is 563 g/mol. The molecule has 12 heteroatoms. The second-order valence-electron chi connectivity index (χ2n) is 9.73. The molecule has 1 aliphatic rings. The molecule has 0 amide bonds. The van der Waals surface area contributed by atoms with Crippen molar-refractivity contribution in [2.45, 2.75) is 27.7 Å². The van der Waals surface area contributed by atoms with Gasteiger partial charge in [0.05, 0.1) is 0 Å². The molecule has 0 bridgehead atoms. The van der Waals surface area contributed by atoms with Gasteiger partial charge in [-0.15, -0.1) is 0 Å². The summed E-state index contributed by atoms with van der Waals surface area (Å²) in [6.45, 7) is 7.93. The molecule has 1 aliphatic heterocycles. The van der Waals surface area contributed by atoms with Gasteiger partial charge in [0.2, 0.25) is 7.51 Å². The van der Waals surface area contributed by atoms with Gasteiger partial charge >= 0.3 is 16.0 Å². The summed E-state index contributed by atoms with van der Waals surface area (Å²) >= 11 is 0. The third-order valence-corrected chi connectivity index (χ3v) is 14.1. The maximum atomic E-state index is 6.67. The van der Waals surface area contributed by atoms with E-state index in [2.05, 4.69) is 9.72 Å². The fraction of sp³-hybridized carbons (Fsp3) is 0.143. The second-order valence-corrected chi connectivity index (χ2v) is 16.4. The topological polar surface area (TPSA) is 125 Å². The van der Waals surface area contributed by atoms with Gasteiger partial charge in [-0.25, -0.2) is 0 Å². The number of hydrogen-bond donors (Lipinski definition) is 4. The summed E-state index contributed by atoms with van der Waals surface area (Å²) < 4.78 is 31.2. The van der Waals surface area contributed by atoms with Crippen LogP contribution in [0, 0.1) is 27.7 Å². The molecular formula is C28H34N5O4P3+2. The molecule has 0 fully saturated rings. The lowest BCUT2D eigenvalue weighted by Crippen LogP contribution is -2.42. The summed E-state index contributed by atoms with van der Waals surface area (Å²) in [5, 5.41) is 0. The highest BCUT2D eigenvalue weighted by molar-refractivity contribution is 7.90. The normalized spacial score (nSPS) is 16.9. The highest BCUT2D eigenvalue weighted by atomic mass is 31.3. The van der Waals surface area contributed by atoms with Crippen LogP contribution < -0.4 is 38.8 Å². The largest absolute Gasteiger partial charge is 0.613 e. The zero-order chi connectivity index (χ0) is 28.4. The molecule has 40 heavy (non-hydrogen) atoms. The van der Waals surface area contributed by atoms with Crippen LogP contribution >= 0.6 is 23.5 Å². The number of hydrogen-bond acceptors (Lipinski definition) is 9. The fourth-order valence-electron chi connectivity index (χ4n) is 4.10. The standard InChI is InChI=1S/C28H34N5O4P3/c1-21-9-5-13-25(17-21)34-39(35-26-14-6-10-22(2)18-26)31-38(29,30)32-40(33-39,36-27-15-7-11-23(3)19-27)37-28-16-8-12-24(4)20-28/h5-20,31,33H,29-30H2,1-4H3/q+2. The van der Waals surface area contributed by atoms with Gasteiger partial charge in [-0.3, -0.25) is 29.1 Å². The Kier molecular flexibility index (Phi) is 8.19. The zero-order valence-electron chi connectivity index (χ0n) is 22.8. The molecule has 208 valence electrons. The monoisotopic (exact) mass is 597 g/mol. The van der Waals surface area contributed by atoms with Crippen LogP contribution in [0.1, 0.15) is 22.3 Å². The molecule has 0 saturated heterocycles. The van der Waals surface area contributed by atoms with Crippen molar-refractivity contribution in [1.29, 1.82) is 0 Å². The van der Waals surface area contributed by atoms with Crippen LogP contribution in [-0.4, -0.2) is 0 Å². The van der Waals surface area contributed by atoms with Crippen molar-refractivity contribution in [3.63, 3.8) is 0 Å². The molecule has 5 rings (SSSR count). The summed E-state index contributed by atoms with van der Waals surface area (Å²) in [6.07, 6.45) is 0. The van der Waals surface area contributed by atoms with Crippen LogP contribution in [0.4, 0.5) is 0 Å². The number of nitrogens with zero attached hydrogens (tertiary/aromatic N) is 1. The van der Waals surface area contributed by atoms with Crippen LogP contribution in [0.2, 0.25) is 0 Å². The SMILES string of the molecule is Cc1cccc(O[P+]2(Oc3cccc(C)c3)N=P(N)(N)N[P+](Oc3cccc(C)c3)(Oc3cccc(C)c3)N2)c1. The zero-order valence-corrected chi connectivity index (χ0v) is 25.5. The molecule has 0 aromatic heterocycles. The minimum absolute atomic E-state index is 0.545. The molecule has 1 heterocycles. The minimum atomic E-state index is -3.50. The molecule has 9 nitrogen and oxygen atoms in total. The highest BCUT2D eigenvalue weighted by Gasteiger charge is 2.71. The summed E-state index contributed by atoms with van der Waals surface area (Å²) in [6, 6.07) is 30.5. The van der Waals surface area contributed by atoms with Gasteiger partial charge in [0.1, 0.15) is 4.86 Å². The number of benzene rings is 4. The van der Waals surface area contributed by atoms with Gasteiger partial charge < -0.3 is 0 Å². The van der Waals surface area contributed by atoms with Crippen molar-refractivity contribution in [3.8, 4) is 23.0 Å². The Morgan fingerprint density at radius 2 is 0.925 bits per heavy atom. The lowest BCUT2D eigenvalue weighted by molar-refractivity contribution is 0.421. The number of nitrogens with two attached hydrogens (primary N) is 2. The third-order valence-electron chi connectivity index (χ3n) is 5.70. The Morgan fingerprint density at radius 1 is 0.575 bits per heavy atom. The van der Waals surface area contributed by atoms with Gasteiger partial charge in [-0.05, 0) is 108 Å². The molecule has 4 aromatic rings. The van der Waals surface area contributed by atoms with Crippen molar-refractivity contribution in [2.75, 3.05) is 0 Å². The molecule has 0 atom stereocenters. The lowest BCUT2D eigenvalue weighted by Gasteiger charge is -2.32. The second kappa shape index (κ2) is 11.5. The van der Waals surface area contributed by atoms with Crippen LogP contribution in [0.3, 0.4) is 0 Å². The first kappa shape index (κ1) is 28.5. The van der Waals surface area contributed by atoms with Gasteiger partial charge in [-0.1, -0.05) is 48.5 Å². The van der Waals surface area contributed by atoms with Crippen molar-refractivity contribution in [2.24, 2.45) is 15.5 Å². The fourth-order valence-corrected chi connectivity index (χ4v) is 13.3. The van der Waals surface area contributed by atoms with Crippen LogP contribution in [0.15, 0.2) is 102 Å². The summed E-state index contributed by atoms with van der Waals surface area (Å²) in [4.78, 5) is 6.65. The lowest BCUT2D eigenvalue weighted by atomic mass is 10.2. The Hall–Kier alpha value is -2.99. The van der Waals surface area contributed by atoms with E-state index in [0.717, 1.165) is 22.3 Å². The van der Waals surface area contributed by atoms with E-state index >= 15 is 0 Å². The van der Waals surface area contributed by atoms with Gasteiger partial charge in [-0.2, -0.15) is 0 Å². The maximum Gasteiger partial charge on any atom is 0.613 e. The summed E-state index contributed by atoms with van der Waals surface area (Å²) in [7, 11) is -10.2. The predicted octanol–water partition coefficient (Wildman–Crippen LogP) is 7.95. The van der Waals surface area contributed by atoms with Crippen molar-refractivity contribution in [3.05, 3.63) is 119 Å². The molecule has 0 radical (unpaired) electrons. The first-order chi connectivity index (χ1) is 19.0. The third kappa shape index (κ3) is 7.20. The van der Waals surface area contributed by atoms with Crippen LogP contribution in [0.5, 0.6) is 23.0 Å². The van der Waals surface area contributed by atoms with E-state index in [1.807, 2.05) is 125 Å². The molecule has 0 aliphatic carbocycles. The van der Waals surface area contributed by atoms with Crippen molar-refractivity contribution >= 4 is 23.5 Å². The molecule has 6 N–H and O–H groups in total. The van der Waals surface area contributed by atoms with E-state index in [-0.39, 0.29) is 0 Å². The smallest absolute Gasteiger partial charge is 0.270 e. The van der Waals surface area contributed by atoms with Gasteiger partial charge in [0.15, 0.2) is 23.0 Å². The van der Waals surface area contributed by atoms with Crippen LogP contribution in [-0.2, 0) is 0 Å². The van der Waals surface area contributed by atoms with Gasteiger partial charge in [0, 0.05) is 0 Å². The summed E-state index contributed by atoms with van der Waals surface area (Å²) in [5.74, 6) is 2.21. The average Bonchev–Trinajstić information content (AvgIpc) is 2.82. The van der Waals surface area contributed by atoms with E-state index in [0.29, 0.717) is 23.0 Å². The van der Waals surface area contributed by atoms with Gasteiger partial charge in [0.25, 0.3) is 0 Å². The van der Waals surface area contributed by atoms with E-state index in [4.69, 9.17) is 33.6 Å². The van der Waals surface area contributed by atoms with E-state index < -0.39 is 23.5 Å². The first-order valence-corrected chi connectivity index (χ1v) is 17.7. The average molecular weight is 598 g/mol. The van der Waals surface area contributed by atoms with E-state index in [1.54, 1.807) is 0 Å². The summed E-state index contributed by atoms with van der Waals surface area (Å²) in [5.41, 5.74) is 17.4. The Balaban J connectivity index is 1.66. The number of aryl methyl sites for hydroxylation is 4.